The molecule has 0 atom stereocenters. The van der Waals surface area contributed by atoms with E-state index in [4.69, 9.17) is 14.2 Å². The van der Waals surface area contributed by atoms with E-state index in [1.54, 1.807) is 0 Å². The molecule has 0 aliphatic heterocycles. The van der Waals surface area contributed by atoms with Crippen LogP contribution >= 0.6 is 0 Å². The first kappa shape index (κ1) is 46.0. The summed E-state index contributed by atoms with van der Waals surface area (Å²) in [6.45, 7) is 6.62. The van der Waals surface area contributed by atoms with Gasteiger partial charge in [-0.05, 0) is 33.9 Å². The summed E-state index contributed by atoms with van der Waals surface area (Å²) in [5.41, 5.74) is -1.93. The number of hydrogen-bond donors (Lipinski definition) is 0. The Labute approximate surface area is 295 Å². The number of nitrogens with zero attached hydrogens (tertiary/aromatic N) is 1. The van der Waals surface area contributed by atoms with Crippen molar-refractivity contribution >= 4 is 23.7 Å². The van der Waals surface area contributed by atoms with E-state index in [9.17, 15) is 19.2 Å². The standard InChI is InChI=1S/C40H75NO7/c1-6-8-10-12-14-16-18-20-22-24-26-28-32-46-38(44)34-40(36(3)42,48-37(43)30-31-41(4)5)35-39(45)47-33-29-27-25-23-21-19-17-15-13-11-9-7-2/h6-35H2,1-5H3. The van der Waals surface area contributed by atoms with Gasteiger partial charge >= 0.3 is 17.9 Å². The van der Waals surface area contributed by atoms with Gasteiger partial charge in [-0.15, -0.1) is 0 Å². The Bertz CT molecular complexity index is 769. The highest BCUT2D eigenvalue weighted by Gasteiger charge is 2.45. The molecule has 0 bridgehead atoms. The van der Waals surface area contributed by atoms with E-state index >= 15 is 0 Å². The average molecular weight is 682 g/mol. The minimum Gasteiger partial charge on any atom is -0.466 e. The van der Waals surface area contributed by atoms with Crippen molar-refractivity contribution in [1.29, 1.82) is 0 Å². The lowest BCUT2D eigenvalue weighted by molar-refractivity contribution is -0.177. The molecule has 0 unspecified atom stereocenters. The van der Waals surface area contributed by atoms with Crippen LogP contribution in [0.2, 0.25) is 0 Å². The summed E-state index contributed by atoms with van der Waals surface area (Å²) in [5.74, 6) is -2.50. The molecule has 8 heteroatoms. The number of carbonyl (C=O) groups is 4. The molecule has 0 aromatic carbocycles. The Kier molecular flexibility index (Phi) is 30.9. The SMILES string of the molecule is CCCCCCCCCCCCCCOC(=O)CC(CC(=O)OCCCCCCCCCCCCCC)(OC(=O)CCN(C)C)C(C)=O. The number of rotatable bonds is 35. The molecule has 0 aromatic rings. The van der Waals surface area contributed by atoms with Gasteiger partial charge in [-0.2, -0.15) is 0 Å². The highest BCUT2D eigenvalue weighted by molar-refractivity contribution is 5.95. The van der Waals surface area contributed by atoms with Gasteiger partial charge in [0.1, 0.15) is 0 Å². The normalized spacial score (nSPS) is 11.5. The van der Waals surface area contributed by atoms with Crippen LogP contribution in [0.25, 0.3) is 0 Å². The van der Waals surface area contributed by atoms with Crippen LogP contribution in [0.3, 0.4) is 0 Å². The molecule has 0 spiro atoms. The molecular weight excluding hydrogens is 606 g/mol. The van der Waals surface area contributed by atoms with Gasteiger partial charge in [-0.25, -0.2) is 0 Å². The molecule has 0 N–H and O–H groups in total. The van der Waals surface area contributed by atoms with Crippen molar-refractivity contribution in [3.63, 3.8) is 0 Å². The molecule has 0 saturated heterocycles. The maximum atomic E-state index is 12.9. The molecule has 48 heavy (non-hydrogen) atoms. The average Bonchev–Trinajstić information content (AvgIpc) is 3.04. The molecule has 0 fully saturated rings. The van der Waals surface area contributed by atoms with Crippen molar-refractivity contribution in [2.45, 2.75) is 200 Å². The van der Waals surface area contributed by atoms with Gasteiger partial charge in [-0.1, -0.05) is 155 Å². The molecule has 8 nitrogen and oxygen atoms in total. The van der Waals surface area contributed by atoms with E-state index in [-0.39, 0.29) is 19.6 Å². The van der Waals surface area contributed by atoms with Gasteiger partial charge in [0, 0.05) is 6.54 Å². The predicted octanol–water partition coefficient (Wildman–Crippen LogP) is 10.1. The first-order valence-electron chi connectivity index (χ1n) is 19.9. The Morgan fingerprint density at radius 1 is 0.479 bits per heavy atom. The summed E-state index contributed by atoms with van der Waals surface area (Å²) in [6, 6.07) is 0. The zero-order valence-electron chi connectivity index (χ0n) is 32.0. The first-order valence-corrected chi connectivity index (χ1v) is 19.9. The number of esters is 3. The number of unbranched alkanes of at least 4 members (excludes halogenated alkanes) is 22. The van der Waals surface area contributed by atoms with Crippen LogP contribution in [0.1, 0.15) is 194 Å². The van der Waals surface area contributed by atoms with E-state index in [1.807, 2.05) is 19.0 Å². The highest BCUT2D eigenvalue weighted by atomic mass is 16.6. The second-order valence-corrected chi connectivity index (χ2v) is 14.2. The second-order valence-electron chi connectivity index (χ2n) is 14.2. The highest BCUT2D eigenvalue weighted by Crippen LogP contribution is 2.26. The van der Waals surface area contributed by atoms with E-state index in [0.29, 0.717) is 6.54 Å². The monoisotopic (exact) mass is 682 g/mol. The molecule has 282 valence electrons. The number of ketones is 1. The summed E-state index contributed by atoms with van der Waals surface area (Å²) < 4.78 is 16.5. The number of carbonyl (C=O) groups excluding carboxylic acids is 4. The number of Topliss-reactive ketones (excluding diaryl/α,β-unsaturated/α-hetero) is 1. The van der Waals surface area contributed by atoms with Crippen LogP contribution in [-0.2, 0) is 33.4 Å². The lowest BCUT2D eigenvalue weighted by Gasteiger charge is -2.29. The quantitative estimate of drug-likeness (QED) is 0.0370. The Morgan fingerprint density at radius 2 is 0.792 bits per heavy atom. The Hall–Kier alpha value is -1.96. The smallest absolute Gasteiger partial charge is 0.310 e. The maximum Gasteiger partial charge on any atom is 0.310 e. The van der Waals surface area contributed by atoms with Crippen molar-refractivity contribution in [1.82, 2.24) is 4.90 Å². The molecule has 0 radical (unpaired) electrons. The molecule has 0 saturated carbocycles. The van der Waals surface area contributed by atoms with Crippen LogP contribution < -0.4 is 0 Å². The van der Waals surface area contributed by atoms with Crippen molar-refractivity contribution in [3.8, 4) is 0 Å². The minimum atomic E-state index is -1.93. The van der Waals surface area contributed by atoms with Crippen molar-refractivity contribution in [2.24, 2.45) is 0 Å². The predicted molar refractivity (Wildman–Crippen MR) is 196 cm³/mol. The fourth-order valence-corrected chi connectivity index (χ4v) is 5.87. The van der Waals surface area contributed by atoms with Crippen LogP contribution in [0.4, 0.5) is 0 Å². The van der Waals surface area contributed by atoms with Gasteiger partial charge in [0.2, 0.25) is 0 Å². The molecule has 0 aromatic heterocycles. The topological polar surface area (TPSA) is 99.2 Å². The summed E-state index contributed by atoms with van der Waals surface area (Å²) in [6.07, 6.45) is 28.0. The van der Waals surface area contributed by atoms with Crippen molar-refractivity contribution < 1.29 is 33.4 Å². The zero-order chi connectivity index (χ0) is 35.7. The molecule has 0 heterocycles. The van der Waals surface area contributed by atoms with Crippen LogP contribution in [0.5, 0.6) is 0 Å². The molecular formula is C40H75NO7. The Morgan fingerprint density at radius 3 is 1.08 bits per heavy atom. The summed E-state index contributed by atoms with van der Waals surface area (Å²) in [5, 5.41) is 0. The molecule has 0 aliphatic carbocycles. The van der Waals surface area contributed by atoms with E-state index in [0.717, 1.165) is 38.5 Å². The van der Waals surface area contributed by atoms with E-state index in [1.165, 1.54) is 122 Å². The minimum absolute atomic E-state index is 0.0316. The summed E-state index contributed by atoms with van der Waals surface area (Å²) >= 11 is 0. The molecule has 0 amide bonds. The Balaban J connectivity index is 4.57. The van der Waals surface area contributed by atoms with E-state index < -0.39 is 42.1 Å². The molecule has 0 aliphatic rings. The number of hydrogen-bond acceptors (Lipinski definition) is 8. The lowest BCUT2D eigenvalue weighted by atomic mass is 9.90. The largest absolute Gasteiger partial charge is 0.466 e. The van der Waals surface area contributed by atoms with Crippen molar-refractivity contribution in [2.75, 3.05) is 33.9 Å². The fourth-order valence-electron chi connectivity index (χ4n) is 5.87. The van der Waals surface area contributed by atoms with Gasteiger partial charge < -0.3 is 19.1 Å². The third kappa shape index (κ3) is 27.9. The summed E-state index contributed by atoms with van der Waals surface area (Å²) in [7, 11) is 3.65. The summed E-state index contributed by atoms with van der Waals surface area (Å²) in [4.78, 5) is 53.1. The second kappa shape index (κ2) is 32.3. The van der Waals surface area contributed by atoms with E-state index in [2.05, 4.69) is 13.8 Å². The van der Waals surface area contributed by atoms with Gasteiger partial charge in [-0.3, -0.25) is 19.2 Å². The lowest BCUT2D eigenvalue weighted by Crippen LogP contribution is -2.46. The number of ether oxygens (including phenoxy) is 3. The fraction of sp³-hybridized carbons (Fsp3) is 0.900. The third-order valence-corrected chi connectivity index (χ3v) is 9.10. The van der Waals surface area contributed by atoms with Crippen molar-refractivity contribution in [3.05, 3.63) is 0 Å². The van der Waals surface area contributed by atoms with Gasteiger partial charge in [0.25, 0.3) is 0 Å². The maximum absolute atomic E-state index is 12.9. The van der Waals surface area contributed by atoms with Gasteiger partial charge in [0.05, 0.1) is 32.5 Å². The van der Waals surface area contributed by atoms with Crippen LogP contribution in [-0.4, -0.2) is 68.0 Å². The van der Waals surface area contributed by atoms with Gasteiger partial charge in [0.15, 0.2) is 11.4 Å². The molecule has 0 rings (SSSR count). The first-order chi connectivity index (χ1) is 23.2. The third-order valence-electron chi connectivity index (χ3n) is 9.10. The van der Waals surface area contributed by atoms with Crippen LogP contribution in [0, 0.1) is 0 Å². The van der Waals surface area contributed by atoms with Crippen LogP contribution in [0.15, 0.2) is 0 Å². The zero-order valence-corrected chi connectivity index (χ0v) is 32.0.